The molecule has 166 valence electrons. The summed E-state index contributed by atoms with van der Waals surface area (Å²) in [7, 11) is 0. The Hall–Kier alpha value is -2.28. The van der Waals surface area contributed by atoms with Crippen molar-refractivity contribution in [1.82, 2.24) is 9.55 Å². The van der Waals surface area contributed by atoms with Crippen LogP contribution in [0.3, 0.4) is 0 Å². The van der Waals surface area contributed by atoms with Crippen LogP contribution < -0.4 is 0 Å². The lowest BCUT2D eigenvalue weighted by Gasteiger charge is -2.20. The summed E-state index contributed by atoms with van der Waals surface area (Å²) in [5.74, 6) is -3.65. The van der Waals surface area contributed by atoms with Gasteiger partial charge in [-0.3, -0.25) is 0 Å². The number of carboxylic acid groups (broad SMARTS) is 2. The number of unbranched alkanes of at least 4 members (excludes halogenated alkanes) is 2. The fraction of sp³-hybridized carbons (Fsp3) is 0.522. The van der Waals surface area contributed by atoms with Crippen LogP contribution in [0.25, 0.3) is 0 Å². The number of carboxylic acids is 2. The van der Waals surface area contributed by atoms with E-state index in [0.717, 1.165) is 6.54 Å². The molecule has 0 aliphatic rings. The largest absolute Gasteiger partial charge is 0.473 e. The van der Waals surface area contributed by atoms with Crippen molar-refractivity contribution in [1.29, 1.82) is 0 Å². The van der Waals surface area contributed by atoms with E-state index in [0.29, 0.717) is 5.25 Å². The Kier molecular flexibility index (Phi) is 11.3. The van der Waals surface area contributed by atoms with E-state index >= 15 is 0 Å². The van der Waals surface area contributed by atoms with E-state index < -0.39 is 11.9 Å². The zero-order valence-corrected chi connectivity index (χ0v) is 19.2. The summed E-state index contributed by atoms with van der Waals surface area (Å²) in [6.07, 6.45) is 12.3. The third-order valence-electron chi connectivity index (χ3n) is 4.60. The fourth-order valence-electron chi connectivity index (χ4n) is 2.82. The minimum atomic E-state index is -1.82. The van der Waals surface area contributed by atoms with E-state index in [9.17, 15) is 0 Å². The number of thioether (sulfide) groups is 1. The van der Waals surface area contributed by atoms with Crippen LogP contribution in [0.1, 0.15) is 65.4 Å². The maximum atomic E-state index is 9.10. The van der Waals surface area contributed by atoms with Gasteiger partial charge < -0.3 is 14.8 Å². The first-order valence-electron chi connectivity index (χ1n) is 10.3. The Morgan fingerprint density at radius 2 is 1.70 bits per heavy atom. The molecule has 0 fully saturated rings. The average Bonchev–Trinajstić information content (AvgIpc) is 3.20. The second-order valence-electron chi connectivity index (χ2n) is 8.21. The van der Waals surface area contributed by atoms with Crippen LogP contribution in [-0.2, 0) is 21.5 Å². The van der Waals surface area contributed by atoms with Crippen LogP contribution in [0.15, 0.2) is 47.9 Å². The van der Waals surface area contributed by atoms with Crippen LogP contribution in [-0.4, -0.2) is 37.0 Å². The van der Waals surface area contributed by atoms with E-state index in [1.54, 1.807) is 0 Å². The number of benzene rings is 1. The van der Waals surface area contributed by atoms with Crippen LogP contribution in [0, 0.1) is 0 Å². The number of carbonyl (C=O) groups is 2. The van der Waals surface area contributed by atoms with Gasteiger partial charge in [-0.1, -0.05) is 59.1 Å². The summed E-state index contributed by atoms with van der Waals surface area (Å²) in [5.41, 5.74) is 1.64. The maximum absolute atomic E-state index is 9.10. The maximum Gasteiger partial charge on any atom is 0.414 e. The van der Waals surface area contributed by atoms with E-state index in [2.05, 4.69) is 67.7 Å². The second-order valence-corrected chi connectivity index (χ2v) is 9.58. The van der Waals surface area contributed by atoms with Gasteiger partial charge >= 0.3 is 11.9 Å². The molecule has 6 nitrogen and oxygen atoms in total. The number of aryl methyl sites for hydroxylation is 1. The van der Waals surface area contributed by atoms with E-state index in [1.165, 1.54) is 42.6 Å². The molecule has 0 saturated heterocycles. The third kappa shape index (κ3) is 10.5. The normalized spacial score (nSPS) is 12.0. The molecule has 7 heteroatoms. The van der Waals surface area contributed by atoms with Gasteiger partial charge in [0.05, 0.1) is 6.33 Å². The SMILES string of the molecule is CCCCCC(CCn1ccnc1)Sc1ccc(C(C)(C)C)cc1.O=C(O)C(=O)O. The molecule has 0 spiro atoms. The van der Waals surface area contributed by atoms with E-state index in [4.69, 9.17) is 19.8 Å². The lowest BCUT2D eigenvalue weighted by molar-refractivity contribution is -0.159. The van der Waals surface area contributed by atoms with E-state index in [1.807, 2.05) is 24.3 Å². The summed E-state index contributed by atoms with van der Waals surface area (Å²) in [6.45, 7) is 10.2. The Labute approximate surface area is 183 Å². The highest BCUT2D eigenvalue weighted by molar-refractivity contribution is 8.00. The zero-order chi connectivity index (χ0) is 22.6. The molecule has 1 aromatic heterocycles. The van der Waals surface area contributed by atoms with Gasteiger partial charge in [0.15, 0.2) is 0 Å². The topological polar surface area (TPSA) is 92.4 Å². The lowest BCUT2D eigenvalue weighted by atomic mass is 9.87. The molecule has 1 unspecified atom stereocenters. The monoisotopic (exact) mass is 434 g/mol. The zero-order valence-electron chi connectivity index (χ0n) is 18.4. The predicted molar refractivity (Wildman–Crippen MR) is 121 cm³/mol. The lowest BCUT2D eigenvalue weighted by Crippen LogP contribution is -2.11. The third-order valence-corrected chi connectivity index (χ3v) is 5.95. The molecular weight excluding hydrogens is 400 g/mol. The van der Waals surface area contributed by atoms with Gasteiger partial charge in [0.2, 0.25) is 0 Å². The van der Waals surface area contributed by atoms with Gasteiger partial charge in [0.25, 0.3) is 0 Å². The van der Waals surface area contributed by atoms with Crippen molar-refractivity contribution in [3.05, 3.63) is 48.5 Å². The van der Waals surface area contributed by atoms with Crippen molar-refractivity contribution < 1.29 is 19.8 Å². The van der Waals surface area contributed by atoms with Crippen molar-refractivity contribution >= 4 is 23.7 Å². The quantitative estimate of drug-likeness (QED) is 0.309. The summed E-state index contributed by atoms with van der Waals surface area (Å²) in [6, 6.07) is 9.19. The first-order valence-corrected chi connectivity index (χ1v) is 11.2. The number of aliphatic carboxylic acids is 2. The minimum absolute atomic E-state index is 0.227. The molecule has 1 atom stereocenters. The first-order chi connectivity index (χ1) is 14.1. The molecular formula is C23H34N2O4S. The molecule has 0 radical (unpaired) electrons. The van der Waals surface area contributed by atoms with Crippen LogP contribution in [0.4, 0.5) is 0 Å². The molecule has 1 aromatic carbocycles. The molecule has 1 heterocycles. The highest BCUT2D eigenvalue weighted by Gasteiger charge is 2.15. The fourth-order valence-corrected chi connectivity index (χ4v) is 4.01. The van der Waals surface area contributed by atoms with E-state index in [-0.39, 0.29) is 5.41 Å². The summed E-state index contributed by atoms with van der Waals surface area (Å²) in [5, 5.41) is 15.5. The minimum Gasteiger partial charge on any atom is -0.473 e. The number of imidazole rings is 1. The highest BCUT2D eigenvalue weighted by atomic mass is 32.2. The van der Waals surface area contributed by atoms with Gasteiger partial charge in [-0.15, -0.1) is 11.8 Å². The van der Waals surface area contributed by atoms with Gasteiger partial charge in [-0.2, -0.15) is 0 Å². The molecule has 2 rings (SSSR count). The molecule has 0 aliphatic heterocycles. The Morgan fingerprint density at radius 3 is 2.17 bits per heavy atom. The Bertz CT molecular complexity index is 741. The van der Waals surface area contributed by atoms with Gasteiger partial charge in [-0.05, 0) is 36.0 Å². The first kappa shape index (κ1) is 25.8. The average molecular weight is 435 g/mol. The van der Waals surface area contributed by atoms with Gasteiger partial charge in [0, 0.05) is 29.1 Å². The molecule has 30 heavy (non-hydrogen) atoms. The summed E-state index contributed by atoms with van der Waals surface area (Å²) >= 11 is 2.05. The van der Waals surface area contributed by atoms with Crippen molar-refractivity contribution in [3.63, 3.8) is 0 Å². The van der Waals surface area contributed by atoms with Crippen molar-refractivity contribution in [2.45, 2.75) is 81.9 Å². The molecule has 0 aliphatic carbocycles. The number of rotatable bonds is 9. The Balaban J connectivity index is 0.000000656. The smallest absolute Gasteiger partial charge is 0.414 e. The van der Waals surface area contributed by atoms with Crippen molar-refractivity contribution in [2.75, 3.05) is 0 Å². The summed E-state index contributed by atoms with van der Waals surface area (Å²) in [4.78, 5) is 23.7. The number of hydrogen-bond acceptors (Lipinski definition) is 4. The number of aromatic nitrogens is 2. The van der Waals surface area contributed by atoms with Crippen molar-refractivity contribution in [3.8, 4) is 0 Å². The Morgan fingerprint density at radius 1 is 1.07 bits per heavy atom. The molecule has 0 saturated carbocycles. The molecule has 0 bridgehead atoms. The van der Waals surface area contributed by atoms with Crippen LogP contribution in [0.2, 0.25) is 0 Å². The molecule has 0 amide bonds. The van der Waals surface area contributed by atoms with Gasteiger partial charge in [0.1, 0.15) is 0 Å². The standard InChI is InChI=1S/C21H32N2S.C2H2O4/c1-5-6-7-8-19(13-15-23-16-14-22-17-23)24-20-11-9-18(10-12-20)21(2,3)4;3-1(4)2(5)6/h9-12,14,16-17,19H,5-8,13,15H2,1-4H3;(H,3,4)(H,5,6). The van der Waals surface area contributed by atoms with Crippen LogP contribution in [0.5, 0.6) is 0 Å². The second kappa shape index (κ2) is 13.1. The number of hydrogen-bond donors (Lipinski definition) is 2. The summed E-state index contributed by atoms with van der Waals surface area (Å²) < 4.78 is 2.19. The molecule has 2 N–H and O–H groups in total. The highest BCUT2D eigenvalue weighted by Crippen LogP contribution is 2.31. The number of nitrogens with zero attached hydrogens (tertiary/aromatic N) is 2. The predicted octanol–water partition coefficient (Wildman–Crippen LogP) is 5.47. The molecule has 2 aromatic rings. The van der Waals surface area contributed by atoms with Crippen LogP contribution >= 0.6 is 11.8 Å². The van der Waals surface area contributed by atoms with Crippen molar-refractivity contribution in [2.24, 2.45) is 0 Å². The van der Waals surface area contributed by atoms with Gasteiger partial charge in [-0.25, -0.2) is 14.6 Å².